The summed E-state index contributed by atoms with van der Waals surface area (Å²) < 4.78 is 0. The van der Waals surface area contributed by atoms with Gasteiger partial charge >= 0.3 is 0 Å². The maximum atomic E-state index is 3.59. The minimum Gasteiger partial charge on any atom is -0.309 e. The first-order valence-electron chi connectivity index (χ1n) is 6.22. The summed E-state index contributed by atoms with van der Waals surface area (Å²) in [5.41, 5.74) is 4.31. The van der Waals surface area contributed by atoms with Gasteiger partial charge in [-0.05, 0) is 23.6 Å². The van der Waals surface area contributed by atoms with Gasteiger partial charge in [0.25, 0.3) is 0 Å². The molecule has 1 nitrogen and oxygen atoms in total. The van der Waals surface area contributed by atoms with Crippen molar-refractivity contribution in [1.29, 1.82) is 0 Å². The highest BCUT2D eigenvalue weighted by Crippen LogP contribution is 2.33. The van der Waals surface area contributed by atoms with E-state index >= 15 is 0 Å². The van der Waals surface area contributed by atoms with Crippen molar-refractivity contribution < 1.29 is 0 Å². The molecule has 2 aromatic carbocycles. The zero-order valence-electron chi connectivity index (χ0n) is 10.5. The molecule has 0 saturated heterocycles. The van der Waals surface area contributed by atoms with Crippen molar-refractivity contribution in [3.63, 3.8) is 0 Å². The van der Waals surface area contributed by atoms with Crippen LogP contribution in [0.5, 0.6) is 0 Å². The van der Waals surface area contributed by atoms with Crippen LogP contribution in [0.25, 0.3) is 0 Å². The van der Waals surface area contributed by atoms with Gasteiger partial charge in [0.2, 0.25) is 0 Å². The molecule has 18 heavy (non-hydrogen) atoms. The first-order valence-corrected chi connectivity index (χ1v) is 6.22. The molecule has 0 aromatic heterocycles. The van der Waals surface area contributed by atoms with Gasteiger partial charge in [0.15, 0.2) is 0 Å². The number of rotatable bonds is 1. The fourth-order valence-electron chi connectivity index (χ4n) is 2.79. The van der Waals surface area contributed by atoms with Gasteiger partial charge in [-0.1, -0.05) is 54.6 Å². The van der Waals surface area contributed by atoms with Crippen LogP contribution in [0, 0.1) is 0 Å². The highest BCUT2D eigenvalue weighted by molar-refractivity contribution is 8.93. The van der Waals surface area contributed by atoms with Crippen molar-refractivity contribution in [3.8, 4) is 0 Å². The van der Waals surface area contributed by atoms with E-state index in [0.29, 0.717) is 12.0 Å². The van der Waals surface area contributed by atoms with Crippen LogP contribution in [-0.2, 0) is 6.54 Å². The van der Waals surface area contributed by atoms with Crippen LogP contribution >= 0.6 is 17.0 Å². The normalized spacial score (nSPS) is 21.8. The van der Waals surface area contributed by atoms with Gasteiger partial charge < -0.3 is 5.32 Å². The molecule has 3 rings (SSSR count). The Balaban J connectivity index is 0.00000120. The summed E-state index contributed by atoms with van der Waals surface area (Å²) in [6.45, 7) is 3.26. The zero-order valence-corrected chi connectivity index (χ0v) is 12.2. The Labute approximate surface area is 119 Å². The summed E-state index contributed by atoms with van der Waals surface area (Å²) in [5.74, 6) is 0.473. The van der Waals surface area contributed by atoms with E-state index in [2.05, 4.69) is 66.8 Å². The lowest BCUT2D eigenvalue weighted by Gasteiger charge is -2.32. The van der Waals surface area contributed by atoms with E-state index in [0.717, 1.165) is 6.54 Å². The van der Waals surface area contributed by atoms with Gasteiger partial charge in [-0.2, -0.15) is 0 Å². The van der Waals surface area contributed by atoms with E-state index < -0.39 is 0 Å². The minimum absolute atomic E-state index is 0. The second kappa shape index (κ2) is 5.68. The maximum Gasteiger partial charge on any atom is 0.0244 e. The first-order chi connectivity index (χ1) is 8.36. The molecule has 0 unspecified atom stereocenters. The van der Waals surface area contributed by atoms with Crippen molar-refractivity contribution in [3.05, 3.63) is 71.3 Å². The summed E-state index contributed by atoms with van der Waals surface area (Å²) in [6, 6.07) is 20.0. The Morgan fingerprint density at radius 1 is 0.944 bits per heavy atom. The fourth-order valence-corrected chi connectivity index (χ4v) is 2.79. The van der Waals surface area contributed by atoms with Crippen molar-refractivity contribution in [2.45, 2.75) is 25.4 Å². The SMILES string of the molecule is Br.C[C@@H]1NCc2ccccc2[C@H]1c1ccccc1. The molecule has 0 spiro atoms. The second-order valence-electron chi connectivity index (χ2n) is 4.76. The van der Waals surface area contributed by atoms with Crippen LogP contribution in [0.4, 0.5) is 0 Å². The van der Waals surface area contributed by atoms with Gasteiger partial charge in [0.1, 0.15) is 0 Å². The molecule has 1 N–H and O–H groups in total. The average molecular weight is 304 g/mol. The summed E-state index contributed by atoms with van der Waals surface area (Å²) in [5, 5.41) is 3.59. The van der Waals surface area contributed by atoms with Gasteiger partial charge in [-0.3, -0.25) is 0 Å². The van der Waals surface area contributed by atoms with Crippen LogP contribution in [-0.4, -0.2) is 6.04 Å². The first kappa shape index (κ1) is 13.3. The molecule has 2 atom stereocenters. The van der Waals surface area contributed by atoms with Crippen LogP contribution in [0.3, 0.4) is 0 Å². The smallest absolute Gasteiger partial charge is 0.0244 e. The Morgan fingerprint density at radius 2 is 1.61 bits per heavy atom. The lowest BCUT2D eigenvalue weighted by Crippen LogP contribution is -2.37. The van der Waals surface area contributed by atoms with Crippen LogP contribution in [0.1, 0.15) is 29.5 Å². The fraction of sp³-hybridized carbons (Fsp3) is 0.250. The number of hydrogen-bond donors (Lipinski definition) is 1. The standard InChI is InChI=1S/C16H17N.BrH/c1-12-16(13-7-3-2-4-8-13)15-10-6-5-9-14(15)11-17-12;/h2-10,12,16-17H,11H2,1H3;1H/t12-,16+;/m0./s1. The third-order valence-electron chi connectivity index (χ3n) is 3.66. The quantitative estimate of drug-likeness (QED) is 0.843. The average Bonchev–Trinajstić information content (AvgIpc) is 2.39. The third kappa shape index (κ3) is 2.36. The monoisotopic (exact) mass is 303 g/mol. The molecular weight excluding hydrogens is 286 g/mol. The maximum absolute atomic E-state index is 3.59. The lowest BCUT2D eigenvalue weighted by molar-refractivity contribution is 0.466. The molecule has 0 saturated carbocycles. The predicted molar refractivity (Wildman–Crippen MR) is 81.4 cm³/mol. The van der Waals surface area contributed by atoms with Crippen LogP contribution < -0.4 is 5.32 Å². The lowest BCUT2D eigenvalue weighted by atomic mass is 9.81. The van der Waals surface area contributed by atoms with E-state index in [-0.39, 0.29) is 17.0 Å². The number of hydrogen-bond acceptors (Lipinski definition) is 1. The topological polar surface area (TPSA) is 12.0 Å². The largest absolute Gasteiger partial charge is 0.309 e. The molecule has 0 amide bonds. The molecular formula is C16H18BrN. The summed E-state index contributed by atoms with van der Waals surface area (Å²) >= 11 is 0. The summed E-state index contributed by atoms with van der Waals surface area (Å²) in [6.07, 6.45) is 0. The molecule has 2 aromatic rings. The molecule has 0 radical (unpaired) electrons. The Kier molecular flexibility index (Phi) is 4.20. The summed E-state index contributed by atoms with van der Waals surface area (Å²) in [7, 11) is 0. The van der Waals surface area contributed by atoms with Gasteiger partial charge in [0.05, 0.1) is 0 Å². The van der Waals surface area contributed by atoms with Gasteiger partial charge in [-0.15, -0.1) is 17.0 Å². The second-order valence-corrected chi connectivity index (χ2v) is 4.76. The molecule has 94 valence electrons. The molecule has 2 heteroatoms. The number of fused-ring (bicyclic) bond motifs is 1. The number of halogens is 1. The Morgan fingerprint density at radius 3 is 2.39 bits per heavy atom. The van der Waals surface area contributed by atoms with E-state index in [4.69, 9.17) is 0 Å². The highest BCUT2D eigenvalue weighted by atomic mass is 79.9. The third-order valence-corrected chi connectivity index (χ3v) is 3.66. The van der Waals surface area contributed by atoms with Crippen LogP contribution in [0.15, 0.2) is 54.6 Å². The number of nitrogens with one attached hydrogen (secondary N) is 1. The summed E-state index contributed by atoms with van der Waals surface area (Å²) in [4.78, 5) is 0. The molecule has 0 fully saturated rings. The van der Waals surface area contributed by atoms with Crippen molar-refractivity contribution in [2.75, 3.05) is 0 Å². The minimum atomic E-state index is 0. The van der Waals surface area contributed by atoms with Crippen molar-refractivity contribution in [1.82, 2.24) is 5.32 Å². The van der Waals surface area contributed by atoms with Crippen molar-refractivity contribution >= 4 is 17.0 Å². The van der Waals surface area contributed by atoms with E-state index in [1.807, 2.05) is 0 Å². The molecule has 1 heterocycles. The Hall–Kier alpha value is -1.12. The van der Waals surface area contributed by atoms with E-state index in [1.165, 1.54) is 16.7 Å². The number of benzene rings is 2. The zero-order chi connectivity index (χ0) is 11.7. The van der Waals surface area contributed by atoms with Crippen LogP contribution in [0.2, 0.25) is 0 Å². The van der Waals surface area contributed by atoms with Crippen molar-refractivity contribution in [2.24, 2.45) is 0 Å². The molecule has 0 aliphatic carbocycles. The van der Waals surface area contributed by atoms with Gasteiger partial charge in [-0.25, -0.2) is 0 Å². The van der Waals surface area contributed by atoms with Gasteiger partial charge in [0, 0.05) is 18.5 Å². The predicted octanol–water partition coefficient (Wildman–Crippen LogP) is 3.89. The Bertz CT molecular complexity index is 510. The molecule has 1 aliphatic rings. The van der Waals surface area contributed by atoms with E-state index in [9.17, 15) is 0 Å². The molecule has 1 aliphatic heterocycles. The highest BCUT2D eigenvalue weighted by Gasteiger charge is 2.26. The molecule has 0 bridgehead atoms. The van der Waals surface area contributed by atoms with E-state index in [1.54, 1.807) is 0 Å².